The van der Waals surface area contributed by atoms with Crippen LogP contribution in [0.5, 0.6) is 5.75 Å². The molecule has 0 bridgehead atoms. The number of carboxylic acids is 1. The normalized spacial score (nSPS) is 9.73. The molecular weight excluding hydrogens is 260 g/mol. The second-order valence-electron chi connectivity index (χ2n) is 3.09. The van der Waals surface area contributed by atoms with Gasteiger partial charge in [-0.1, -0.05) is 22.5 Å². The molecule has 0 aromatic heterocycles. The molecule has 0 aliphatic heterocycles. The summed E-state index contributed by atoms with van der Waals surface area (Å²) in [6, 6.07) is 4.86. The van der Waals surface area contributed by atoms with Crippen LogP contribution in [0.4, 0.5) is 0 Å². The van der Waals surface area contributed by atoms with Crippen LogP contribution in [0.15, 0.2) is 29.3 Å². The Morgan fingerprint density at radius 3 is 2.73 bits per heavy atom. The number of carboxylic acid groups (broad SMARTS) is 1. The van der Waals surface area contributed by atoms with E-state index in [0.29, 0.717) is 23.5 Å². The first-order valence-electron chi connectivity index (χ1n) is 4.30. The van der Waals surface area contributed by atoms with Gasteiger partial charge in [0.15, 0.2) is 0 Å². The van der Waals surface area contributed by atoms with E-state index < -0.39 is 5.97 Å². The molecular formula is C11H11BrO3. The molecule has 0 fully saturated rings. The summed E-state index contributed by atoms with van der Waals surface area (Å²) in [7, 11) is 0. The summed E-state index contributed by atoms with van der Waals surface area (Å²) in [5.41, 5.74) is 0.972. The van der Waals surface area contributed by atoms with Gasteiger partial charge in [0, 0.05) is 4.48 Å². The van der Waals surface area contributed by atoms with Gasteiger partial charge in [-0.2, -0.15) is 0 Å². The van der Waals surface area contributed by atoms with Crippen molar-refractivity contribution in [1.29, 1.82) is 0 Å². The minimum absolute atomic E-state index is 0.292. The molecule has 0 aliphatic carbocycles. The maximum atomic E-state index is 10.7. The molecule has 1 aromatic carbocycles. The molecule has 0 heterocycles. The van der Waals surface area contributed by atoms with E-state index >= 15 is 0 Å². The largest absolute Gasteiger partial charge is 0.488 e. The average molecular weight is 271 g/mol. The number of aryl methyl sites for hydroxylation is 1. The number of ether oxygens (including phenoxy) is 1. The lowest BCUT2D eigenvalue weighted by Crippen LogP contribution is -2.01. The number of hydrogen-bond acceptors (Lipinski definition) is 2. The van der Waals surface area contributed by atoms with Crippen molar-refractivity contribution >= 4 is 21.9 Å². The summed E-state index contributed by atoms with van der Waals surface area (Å²) in [5, 5.41) is 8.81. The number of halogens is 1. The topological polar surface area (TPSA) is 46.5 Å². The Morgan fingerprint density at radius 1 is 1.60 bits per heavy atom. The van der Waals surface area contributed by atoms with Crippen molar-refractivity contribution < 1.29 is 14.6 Å². The lowest BCUT2D eigenvalue weighted by Gasteiger charge is -2.07. The highest BCUT2D eigenvalue weighted by Crippen LogP contribution is 2.18. The monoisotopic (exact) mass is 270 g/mol. The average Bonchev–Trinajstić information content (AvgIpc) is 2.14. The van der Waals surface area contributed by atoms with Crippen LogP contribution in [-0.2, 0) is 0 Å². The molecule has 3 nitrogen and oxygen atoms in total. The summed E-state index contributed by atoms with van der Waals surface area (Å²) >= 11 is 3.17. The minimum atomic E-state index is -0.927. The van der Waals surface area contributed by atoms with Crippen LogP contribution in [0.1, 0.15) is 15.9 Å². The fraction of sp³-hybridized carbons (Fsp3) is 0.182. The van der Waals surface area contributed by atoms with Crippen LogP contribution in [-0.4, -0.2) is 17.7 Å². The first-order chi connectivity index (χ1) is 7.00. The lowest BCUT2D eigenvalue weighted by molar-refractivity contribution is 0.0696. The zero-order chi connectivity index (χ0) is 11.4. The van der Waals surface area contributed by atoms with Gasteiger partial charge in [-0.05, 0) is 30.7 Å². The Labute approximate surface area is 96.5 Å². The van der Waals surface area contributed by atoms with Crippen LogP contribution in [0.2, 0.25) is 0 Å². The van der Waals surface area contributed by atoms with E-state index in [1.165, 1.54) is 6.07 Å². The van der Waals surface area contributed by atoms with Gasteiger partial charge >= 0.3 is 5.97 Å². The summed E-state index contributed by atoms with van der Waals surface area (Å²) in [4.78, 5) is 10.7. The van der Waals surface area contributed by atoms with Crippen molar-refractivity contribution in [3.05, 3.63) is 40.4 Å². The molecule has 15 heavy (non-hydrogen) atoms. The Morgan fingerprint density at radius 2 is 2.27 bits per heavy atom. The SMILES string of the molecule is C=C(Br)COc1ccc(C(=O)O)c(C)c1. The maximum absolute atomic E-state index is 10.7. The van der Waals surface area contributed by atoms with Crippen LogP contribution >= 0.6 is 15.9 Å². The molecule has 1 rings (SSSR count). The standard InChI is InChI=1S/C11H11BrO3/c1-7-5-9(15-6-8(2)12)3-4-10(7)11(13)14/h3-5H,2,6H2,1H3,(H,13,14). The van der Waals surface area contributed by atoms with Crippen molar-refractivity contribution in [2.75, 3.05) is 6.61 Å². The van der Waals surface area contributed by atoms with Gasteiger partial charge in [-0.15, -0.1) is 0 Å². The van der Waals surface area contributed by atoms with E-state index in [9.17, 15) is 4.79 Å². The quantitative estimate of drug-likeness (QED) is 0.915. The smallest absolute Gasteiger partial charge is 0.335 e. The van der Waals surface area contributed by atoms with E-state index in [1.54, 1.807) is 19.1 Å². The number of aromatic carboxylic acids is 1. The van der Waals surface area contributed by atoms with Gasteiger partial charge in [0.05, 0.1) is 5.56 Å². The van der Waals surface area contributed by atoms with Crippen LogP contribution in [0.25, 0.3) is 0 Å². The third-order valence-electron chi connectivity index (χ3n) is 1.82. The van der Waals surface area contributed by atoms with Crippen LogP contribution in [0, 0.1) is 6.92 Å². The van der Waals surface area contributed by atoms with Crippen molar-refractivity contribution in [1.82, 2.24) is 0 Å². The molecule has 0 atom stereocenters. The lowest BCUT2D eigenvalue weighted by atomic mass is 10.1. The van der Waals surface area contributed by atoms with E-state index in [-0.39, 0.29) is 0 Å². The number of rotatable bonds is 4. The highest BCUT2D eigenvalue weighted by Gasteiger charge is 2.07. The molecule has 0 amide bonds. The summed E-state index contributed by atoms with van der Waals surface area (Å²) in [6.45, 7) is 5.74. The van der Waals surface area contributed by atoms with Gasteiger partial charge in [0.2, 0.25) is 0 Å². The number of carbonyl (C=O) groups is 1. The maximum Gasteiger partial charge on any atom is 0.335 e. The third-order valence-corrected chi connectivity index (χ3v) is 2.05. The van der Waals surface area contributed by atoms with Crippen LogP contribution < -0.4 is 4.74 Å². The molecule has 0 unspecified atom stereocenters. The summed E-state index contributed by atoms with van der Waals surface area (Å²) in [5.74, 6) is -0.290. The Bertz CT molecular complexity index is 399. The minimum Gasteiger partial charge on any atom is -0.488 e. The number of hydrogen-bond donors (Lipinski definition) is 1. The van der Waals surface area contributed by atoms with Crippen molar-refractivity contribution in [3.8, 4) is 5.75 Å². The fourth-order valence-electron chi connectivity index (χ4n) is 1.13. The van der Waals surface area contributed by atoms with Gasteiger partial charge < -0.3 is 9.84 Å². The van der Waals surface area contributed by atoms with Gasteiger partial charge in [-0.3, -0.25) is 0 Å². The molecule has 0 aliphatic rings. The van der Waals surface area contributed by atoms with Crippen molar-refractivity contribution in [2.45, 2.75) is 6.92 Å². The highest BCUT2D eigenvalue weighted by molar-refractivity contribution is 9.11. The molecule has 80 valence electrons. The molecule has 4 heteroatoms. The summed E-state index contributed by atoms with van der Waals surface area (Å²) in [6.07, 6.45) is 0. The Hall–Kier alpha value is -1.29. The fourth-order valence-corrected chi connectivity index (χ4v) is 1.24. The van der Waals surface area contributed by atoms with Gasteiger partial charge in [0.25, 0.3) is 0 Å². The van der Waals surface area contributed by atoms with Crippen molar-refractivity contribution in [2.24, 2.45) is 0 Å². The zero-order valence-electron chi connectivity index (χ0n) is 8.29. The van der Waals surface area contributed by atoms with Gasteiger partial charge in [0.1, 0.15) is 12.4 Å². The molecule has 0 radical (unpaired) electrons. The molecule has 0 spiro atoms. The van der Waals surface area contributed by atoms with E-state index in [4.69, 9.17) is 9.84 Å². The zero-order valence-corrected chi connectivity index (χ0v) is 9.87. The molecule has 0 saturated carbocycles. The van der Waals surface area contributed by atoms with E-state index in [2.05, 4.69) is 22.5 Å². The predicted octanol–water partition coefficient (Wildman–Crippen LogP) is 2.98. The molecule has 1 N–H and O–H groups in total. The van der Waals surface area contributed by atoms with E-state index in [1.807, 2.05) is 0 Å². The third kappa shape index (κ3) is 3.40. The first kappa shape index (κ1) is 11.8. The van der Waals surface area contributed by atoms with Crippen LogP contribution in [0.3, 0.4) is 0 Å². The predicted molar refractivity (Wildman–Crippen MR) is 61.7 cm³/mol. The first-order valence-corrected chi connectivity index (χ1v) is 5.10. The Balaban J connectivity index is 2.82. The van der Waals surface area contributed by atoms with E-state index in [0.717, 1.165) is 4.48 Å². The molecule has 0 saturated heterocycles. The number of benzene rings is 1. The van der Waals surface area contributed by atoms with Crippen molar-refractivity contribution in [3.63, 3.8) is 0 Å². The second kappa shape index (κ2) is 4.98. The second-order valence-corrected chi connectivity index (χ2v) is 4.21. The van der Waals surface area contributed by atoms with Gasteiger partial charge in [-0.25, -0.2) is 4.79 Å². The highest BCUT2D eigenvalue weighted by atomic mass is 79.9. The Kier molecular flexibility index (Phi) is 3.91. The molecule has 1 aromatic rings. The summed E-state index contributed by atoms with van der Waals surface area (Å²) < 4.78 is 6.08.